The number of fused-ring (bicyclic) bond motifs is 3. The molecule has 2 aromatic heterocycles. The van der Waals surface area contributed by atoms with E-state index in [1.807, 2.05) is 59.9 Å². The number of nitriles is 1. The van der Waals surface area contributed by atoms with E-state index in [2.05, 4.69) is 23.5 Å². The van der Waals surface area contributed by atoms with E-state index in [-0.39, 0.29) is 0 Å². The Balaban J connectivity index is 1.94. The van der Waals surface area contributed by atoms with Crippen LogP contribution >= 0.6 is 11.6 Å². The number of nitrogens with one attached hydrogen (secondary N) is 1. The van der Waals surface area contributed by atoms with Crippen LogP contribution in [0.3, 0.4) is 0 Å². The number of anilines is 1. The zero-order chi connectivity index (χ0) is 19.7. The molecule has 1 N–H and O–H groups in total. The van der Waals surface area contributed by atoms with Gasteiger partial charge in [-0.2, -0.15) is 10.4 Å². The Morgan fingerprint density at radius 2 is 1.96 bits per heavy atom. The van der Waals surface area contributed by atoms with Crippen molar-refractivity contribution in [2.45, 2.75) is 20.3 Å². The molecule has 4 aromatic rings. The highest BCUT2D eigenvalue weighted by Gasteiger charge is 2.19. The molecule has 0 radical (unpaired) electrons. The Kier molecular flexibility index (Phi) is 4.72. The number of hydrogen-bond donors (Lipinski definition) is 1. The summed E-state index contributed by atoms with van der Waals surface area (Å²) in [5.74, 6) is 0.811. The molecule has 5 nitrogen and oxygen atoms in total. The molecule has 0 bridgehead atoms. The number of halogens is 1. The third kappa shape index (κ3) is 2.88. The number of benzene rings is 2. The van der Waals surface area contributed by atoms with E-state index in [4.69, 9.17) is 16.6 Å². The summed E-state index contributed by atoms with van der Waals surface area (Å²) in [7, 11) is 0. The number of aromatic nitrogens is 2. The van der Waals surface area contributed by atoms with Gasteiger partial charge in [0.25, 0.3) is 0 Å². The minimum atomic E-state index is 0.591. The fourth-order valence-electron chi connectivity index (χ4n) is 3.48. The highest BCUT2D eigenvalue weighted by atomic mass is 35.5. The van der Waals surface area contributed by atoms with E-state index in [1.54, 1.807) is 6.21 Å². The van der Waals surface area contributed by atoms with E-state index in [9.17, 15) is 5.26 Å². The van der Waals surface area contributed by atoms with Crippen molar-refractivity contribution in [2.24, 2.45) is 5.10 Å². The minimum absolute atomic E-state index is 0.591. The lowest BCUT2D eigenvalue weighted by Gasteiger charge is -2.15. The minimum Gasteiger partial charge on any atom is -0.276 e. The van der Waals surface area contributed by atoms with E-state index in [0.29, 0.717) is 16.2 Å². The molecule has 138 valence electrons. The first-order valence-corrected chi connectivity index (χ1v) is 9.39. The Morgan fingerprint density at radius 3 is 2.71 bits per heavy atom. The molecular weight excluding hydrogens is 370 g/mol. The zero-order valence-electron chi connectivity index (χ0n) is 15.6. The van der Waals surface area contributed by atoms with Gasteiger partial charge in [-0.1, -0.05) is 48.9 Å². The number of nitrogens with zero attached hydrogens (tertiary/aromatic N) is 4. The molecule has 4 rings (SSSR count). The Hall–Kier alpha value is -3.36. The largest absolute Gasteiger partial charge is 0.276 e. The second-order valence-electron chi connectivity index (χ2n) is 6.44. The second kappa shape index (κ2) is 7.34. The lowest BCUT2D eigenvalue weighted by atomic mass is 10.0. The molecule has 0 aliphatic heterocycles. The summed E-state index contributed by atoms with van der Waals surface area (Å²) in [6.07, 6.45) is 2.45. The highest BCUT2D eigenvalue weighted by Crippen LogP contribution is 2.31. The van der Waals surface area contributed by atoms with Crippen molar-refractivity contribution in [3.8, 4) is 6.07 Å². The molecule has 0 atom stereocenters. The van der Waals surface area contributed by atoms with Gasteiger partial charge >= 0.3 is 0 Å². The van der Waals surface area contributed by atoms with Crippen molar-refractivity contribution >= 4 is 40.3 Å². The van der Waals surface area contributed by atoms with Gasteiger partial charge in [0.1, 0.15) is 11.9 Å². The molecule has 0 saturated heterocycles. The van der Waals surface area contributed by atoms with Crippen LogP contribution in [0.4, 0.5) is 5.82 Å². The Morgan fingerprint density at radius 1 is 1.21 bits per heavy atom. The molecule has 0 aliphatic rings. The Labute approximate surface area is 167 Å². The highest BCUT2D eigenvalue weighted by molar-refractivity contribution is 6.33. The Bertz CT molecular complexity index is 1260. The summed E-state index contributed by atoms with van der Waals surface area (Å²) in [5, 5.41) is 14.8. The monoisotopic (exact) mass is 387 g/mol. The van der Waals surface area contributed by atoms with Crippen molar-refractivity contribution in [2.75, 3.05) is 5.43 Å². The first-order chi connectivity index (χ1) is 13.7. The van der Waals surface area contributed by atoms with Crippen LogP contribution in [-0.2, 0) is 6.42 Å². The van der Waals surface area contributed by atoms with Crippen LogP contribution in [-0.4, -0.2) is 15.6 Å². The van der Waals surface area contributed by atoms with Gasteiger partial charge in [0.15, 0.2) is 5.65 Å². The predicted molar refractivity (Wildman–Crippen MR) is 114 cm³/mol. The summed E-state index contributed by atoms with van der Waals surface area (Å²) in [5.41, 5.74) is 8.95. The summed E-state index contributed by atoms with van der Waals surface area (Å²) >= 11 is 6.21. The topological polar surface area (TPSA) is 65.5 Å². The quantitative estimate of drug-likeness (QED) is 0.380. The first-order valence-electron chi connectivity index (χ1n) is 9.02. The van der Waals surface area contributed by atoms with Crippen molar-refractivity contribution < 1.29 is 0 Å². The molecule has 0 fully saturated rings. The third-order valence-electron chi connectivity index (χ3n) is 4.87. The van der Waals surface area contributed by atoms with Crippen LogP contribution in [0.15, 0.2) is 53.6 Å². The molecule has 2 aromatic carbocycles. The number of para-hydroxylation sites is 2. The van der Waals surface area contributed by atoms with E-state index in [1.165, 1.54) is 0 Å². The van der Waals surface area contributed by atoms with Crippen molar-refractivity contribution in [3.63, 3.8) is 0 Å². The lowest BCUT2D eigenvalue weighted by molar-refractivity contribution is 1.04. The number of pyridine rings is 1. The smallest absolute Gasteiger partial charge is 0.157 e. The van der Waals surface area contributed by atoms with Crippen LogP contribution in [0.1, 0.15) is 29.2 Å². The van der Waals surface area contributed by atoms with Gasteiger partial charge in [-0.25, -0.2) is 4.98 Å². The lowest BCUT2D eigenvalue weighted by Crippen LogP contribution is -2.07. The van der Waals surface area contributed by atoms with Crippen molar-refractivity contribution in [3.05, 3.63) is 75.8 Å². The summed E-state index contributed by atoms with van der Waals surface area (Å²) in [6, 6.07) is 17.7. The van der Waals surface area contributed by atoms with Crippen molar-refractivity contribution in [1.82, 2.24) is 9.38 Å². The number of rotatable bonds is 4. The van der Waals surface area contributed by atoms with Crippen LogP contribution in [0.5, 0.6) is 0 Å². The van der Waals surface area contributed by atoms with Gasteiger partial charge in [-0.05, 0) is 42.7 Å². The fraction of sp³-hybridized carbons (Fsp3) is 0.136. The summed E-state index contributed by atoms with van der Waals surface area (Å²) < 4.78 is 1.98. The van der Waals surface area contributed by atoms with Crippen LogP contribution in [0, 0.1) is 18.3 Å². The first kappa shape index (κ1) is 18.0. The van der Waals surface area contributed by atoms with Crippen LogP contribution in [0.2, 0.25) is 5.02 Å². The maximum atomic E-state index is 9.74. The van der Waals surface area contributed by atoms with E-state index < -0.39 is 0 Å². The van der Waals surface area contributed by atoms with Gasteiger partial charge in [-0.15, -0.1) is 0 Å². The van der Waals surface area contributed by atoms with Crippen LogP contribution < -0.4 is 5.43 Å². The van der Waals surface area contributed by atoms with Gasteiger partial charge in [-0.3, -0.25) is 9.83 Å². The maximum Gasteiger partial charge on any atom is 0.157 e. The van der Waals surface area contributed by atoms with Gasteiger partial charge in [0.05, 0.1) is 22.8 Å². The molecule has 0 aliphatic carbocycles. The van der Waals surface area contributed by atoms with Crippen molar-refractivity contribution in [1.29, 1.82) is 5.26 Å². The average Bonchev–Trinajstić information content (AvgIpc) is 3.08. The third-order valence-corrected chi connectivity index (χ3v) is 5.21. The summed E-state index contributed by atoms with van der Waals surface area (Å²) in [6.45, 7) is 4.02. The fourth-order valence-corrected chi connectivity index (χ4v) is 3.66. The molecule has 28 heavy (non-hydrogen) atoms. The zero-order valence-corrected chi connectivity index (χ0v) is 16.3. The second-order valence-corrected chi connectivity index (χ2v) is 6.85. The number of imidazole rings is 1. The molecule has 0 spiro atoms. The summed E-state index contributed by atoms with van der Waals surface area (Å²) in [4.78, 5) is 4.69. The maximum absolute atomic E-state index is 9.74. The predicted octanol–water partition coefficient (Wildman–Crippen LogP) is 5.33. The van der Waals surface area contributed by atoms with Crippen LogP contribution in [0.25, 0.3) is 16.7 Å². The molecule has 6 heteroatoms. The molecule has 2 heterocycles. The number of hydrogen-bond acceptors (Lipinski definition) is 4. The molecule has 0 saturated carbocycles. The normalized spacial score (nSPS) is 11.4. The SMILES string of the molecule is CCc1c(C)c(C#N)c2nc3ccccc3n2c1N/N=C\c1ccccc1Cl. The molecule has 0 amide bonds. The number of hydrazone groups is 1. The van der Waals surface area contributed by atoms with E-state index >= 15 is 0 Å². The standard InChI is InChI=1S/C22H18ClN5/c1-3-16-14(2)17(12-24)21-26-19-10-6-7-11-20(19)28(21)22(16)27-25-13-15-8-4-5-9-18(15)23/h4-11,13,27H,3H2,1-2H3/b25-13-. The molecule has 0 unspecified atom stereocenters. The van der Waals surface area contributed by atoms with Gasteiger partial charge in [0.2, 0.25) is 0 Å². The van der Waals surface area contributed by atoms with Gasteiger partial charge < -0.3 is 0 Å². The van der Waals surface area contributed by atoms with Gasteiger partial charge in [0, 0.05) is 10.6 Å². The molecular formula is C22H18ClN5. The average molecular weight is 388 g/mol. The van der Waals surface area contributed by atoms with E-state index in [0.717, 1.165) is 40.0 Å².